The fraction of sp³-hybridized carbons (Fsp3) is 0.0769. The van der Waals surface area contributed by atoms with Crippen LogP contribution in [0.4, 0.5) is 17.6 Å². The molecule has 20 heavy (non-hydrogen) atoms. The summed E-state index contributed by atoms with van der Waals surface area (Å²) >= 11 is 3.12. The molecule has 0 aliphatic heterocycles. The second kappa shape index (κ2) is 5.90. The molecule has 7 heteroatoms. The van der Waals surface area contributed by atoms with Crippen LogP contribution in [0.5, 0.6) is 0 Å². The topological polar surface area (TPSA) is 38.0 Å². The lowest BCUT2D eigenvalue weighted by Gasteiger charge is -2.19. The highest BCUT2D eigenvalue weighted by molar-refractivity contribution is 9.10. The predicted molar refractivity (Wildman–Crippen MR) is 69.6 cm³/mol. The van der Waals surface area contributed by atoms with Gasteiger partial charge < -0.3 is 0 Å². The molecule has 2 aromatic rings. The largest absolute Gasteiger partial charge is 0.271 e. The maximum atomic E-state index is 13.8. The van der Waals surface area contributed by atoms with E-state index in [0.29, 0.717) is 10.0 Å². The highest BCUT2D eigenvalue weighted by Crippen LogP contribution is 2.31. The maximum absolute atomic E-state index is 13.8. The Labute approximate surface area is 120 Å². The molecule has 106 valence electrons. The molecule has 2 nitrogen and oxygen atoms in total. The van der Waals surface area contributed by atoms with Crippen molar-refractivity contribution in [2.24, 2.45) is 5.84 Å². The summed E-state index contributed by atoms with van der Waals surface area (Å²) in [5, 5.41) is 0. The first-order valence-corrected chi connectivity index (χ1v) is 6.29. The lowest BCUT2D eigenvalue weighted by Crippen LogP contribution is -2.30. The molecule has 0 saturated heterocycles. The van der Waals surface area contributed by atoms with E-state index in [1.807, 2.05) is 0 Å². The standard InChI is InChI=1S/C13H9BrF4N2/c14-9-5-6(15)1-2-7(9)13(20-19)8-3-4-10(16)12(18)11(8)17/h1-5,13,20H,19H2. The fourth-order valence-electron chi connectivity index (χ4n) is 1.85. The van der Waals surface area contributed by atoms with Crippen molar-refractivity contribution in [1.29, 1.82) is 0 Å². The van der Waals surface area contributed by atoms with Crippen LogP contribution >= 0.6 is 15.9 Å². The van der Waals surface area contributed by atoms with Crippen molar-refractivity contribution in [3.63, 3.8) is 0 Å². The van der Waals surface area contributed by atoms with Gasteiger partial charge >= 0.3 is 0 Å². The van der Waals surface area contributed by atoms with Crippen LogP contribution < -0.4 is 11.3 Å². The molecule has 0 amide bonds. The number of nitrogens with one attached hydrogen (secondary N) is 1. The third kappa shape index (κ3) is 2.70. The molecular weight excluding hydrogens is 340 g/mol. The van der Waals surface area contributed by atoms with Gasteiger partial charge in [0, 0.05) is 10.0 Å². The lowest BCUT2D eigenvalue weighted by atomic mass is 9.98. The molecule has 0 heterocycles. The highest BCUT2D eigenvalue weighted by Gasteiger charge is 2.23. The second-order valence-electron chi connectivity index (χ2n) is 4.03. The summed E-state index contributed by atoms with van der Waals surface area (Å²) in [5.74, 6) is 0.638. The number of benzene rings is 2. The number of halogens is 5. The molecule has 1 atom stereocenters. The summed E-state index contributed by atoms with van der Waals surface area (Å²) in [6.45, 7) is 0. The van der Waals surface area contributed by atoms with Crippen LogP contribution in [0, 0.1) is 23.3 Å². The smallest absolute Gasteiger partial charge is 0.194 e. The summed E-state index contributed by atoms with van der Waals surface area (Å²) in [5.41, 5.74) is 2.51. The first kappa shape index (κ1) is 15.0. The summed E-state index contributed by atoms with van der Waals surface area (Å²) < 4.78 is 53.4. The van der Waals surface area contributed by atoms with Gasteiger partial charge in [0.25, 0.3) is 0 Å². The lowest BCUT2D eigenvalue weighted by molar-refractivity contribution is 0.433. The molecule has 0 saturated carbocycles. The van der Waals surface area contributed by atoms with Gasteiger partial charge in [0.05, 0.1) is 6.04 Å². The van der Waals surface area contributed by atoms with Gasteiger partial charge in [-0.15, -0.1) is 0 Å². The Morgan fingerprint density at radius 1 is 0.950 bits per heavy atom. The Morgan fingerprint density at radius 2 is 1.60 bits per heavy atom. The fourth-order valence-corrected chi connectivity index (χ4v) is 2.43. The van der Waals surface area contributed by atoms with Crippen LogP contribution in [0.25, 0.3) is 0 Å². The predicted octanol–water partition coefficient (Wildman–Crippen LogP) is 3.56. The number of hydrogen-bond acceptors (Lipinski definition) is 2. The van der Waals surface area contributed by atoms with Crippen LogP contribution in [0.3, 0.4) is 0 Å². The Morgan fingerprint density at radius 3 is 2.20 bits per heavy atom. The van der Waals surface area contributed by atoms with E-state index >= 15 is 0 Å². The van der Waals surface area contributed by atoms with Gasteiger partial charge in [-0.25, -0.2) is 23.0 Å². The second-order valence-corrected chi connectivity index (χ2v) is 4.88. The first-order valence-electron chi connectivity index (χ1n) is 5.50. The van der Waals surface area contributed by atoms with Gasteiger partial charge in [0.1, 0.15) is 5.82 Å². The molecule has 0 radical (unpaired) electrons. The van der Waals surface area contributed by atoms with Gasteiger partial charge in [0.15, 0.2) is 17.5 Å². The molecule has 3 N–H and O–H groups in total. The third-order valence-electron chi connectivity index (χ3n) is 2.82. The molecule has 1 unspecified atom stereocenters. The first-order chi connectivity index (χ1) is 9.45. The molecule has 0 spiro atoms. The molecule has 2 aromatic carbocycles. The van der Waals surface area contributed by atoms with E-state index in [4.69, 9.17) is 5.84 Å². The van der Waals surface area contributed by atoms with Gasteiger partial charge in [-0.1, -0.05) is 28.1 Å². The summed E-state index contributed by atoms with van der Waals surface area (Å²) in [4.78, 5) is 0. The minimum Gasteiger partial charge on any atom is -0.271 e. The Balaban J connectivity index is 2.55. The van der Waals surface area contributed by atoms with Crippen molar-refractivity contribution < 1.29 is 17.6 Å². The van der Waals surface area contributed by atoms with Crippen molar-refractivity contribution in [3.05, 3.63) is 69.2 Å². The van der Waals surface area contributed by atoms with Crippen LogP contribution in [0.15, 0.2) is 34.8 Å². The van der Waals surface area contributed by atoms with Crippen LogP contribution in [-0.2, 0) is 0 Å². The monoisotopic (exact) mass is 348 g/mol. The molecule has 0 aliphatic rings. The quantitative estimate of drug-likeness (QED) is 0.385. The third-order valence-corrected chi connectivity index (χ3v) is 3.50. The number of nitrogens with two attached hydrogens (primary N) is 1. The van der Waals surface area contributed by atoms with Crippen molar-refractivity contribution in [3.8, 4) is 0 Å². The molecule has 0 aliphatic carbocycles. The molecule has 0 fully saturated rings. The van der Waals surface area contributed by atoms with Crippen LogP contribution in [0.2, 0.25) is 0 Å². The van der Waals surface area contributed by atoms with Gasteiger partial charge in [-0.05, 0) is 23.8 Å². The van der Waals surface area contributed by atoms with E-state index in [1.54, 1.807) is 0 Å². The summed E-state index contributed by atoms with van der Waals surface area (Å²) in [6.07, 6.45) is 0. The zero-order valence-electron chi connectivity index (χ0n) is 9.93. The summed E-state index contributed by atoms with van der Waals surface area (Å²) in [7, 11) is 0. The van der Waals surface area contributed by atoms with Gasteiger partial charge in [-0.3, -0.25) is 5.84 Å². The van der Waals surface area contributed by atoms with Crippen LogP contribution in [0.1, 0.15) is 17.2 Å². The molecule has 2 rings (SSSR count). The van der Waals surface area contributed by atoms with E-state index in [2.05, 4.69) is 21.4 Å². The zero-order valence-corrected chi connectivity index (χ0v) is 11.5. The molecule has 0 aromatic heterocycles. The minimum absolute atomic E-state index is 0.182. The average Bonchev–Trinajstić information content (AvgIpc) is 2.41. The van der Waals surface area contributed by atoms with Crippen molar-refractivity contribution >= 4 is 15.9 Å². The van der Waals surface area contributed by atoms with Crippen molar-refractivity contribution in [2.75, 3.05) is 0 Å². The van der Waals surface area contributed by atoms with Gasteiger partial charge in [-0.2, -0.15) is 0 Å². The van der Waals surface area contributed by atoms with E-state index in [9.17, 15) is 17.6 Å². The van der Waals surface area contributed by atoms with E-state index in [1.165, 1.54) is 6.07 Å². The maximum Gasteiger partial charge on any atom is 0.194 e. The molecular formula is C13H9BrF4N2. The van der Waals surface area contributed by atoms with Crippen molar-refractivity contribution in [2.45, 2.75) is 6.04 Å². The SMILES string of the molecule is NNC(c1ccc(F)cc1Br)c1ccc(F)c(F)c1F. The highest BCUT2D eigenvalue weighted by atomic mass is 79.9. The van der Waals surface area contributed by atoms with Crippen LogP contribution in [-0.4, -0.2) is 0 Å². The number of rotatable bonds is 3. The van der Waals surface area contributed by atoms with E-state index < -0.39 is 29.3 Å². The normalized spacial score (nSPS) is 12.5. The Hall–Kier alpha value is -1.44. The van der Waals surface area contributed by atoms with E-state index in [0.717, 1.165) is 24.3 Å². The summed E-state index contributed by atoms with van der Waals surface area (Å²) in [6, 6.07) is 4.61. The average molecular weight is 349 g/mol. The number of hydrogen-bond donors (Lipinski definition) is 2. The Bertz CT molecular complexity index is 649. The van der Waals surface area contributed by atoms with Gasteiger partial charge in [0.2, 0.25) is 0 Å². The minimum atomic E-state index is -1.58. The van der Waals surface area contributed by atoms with E-state index in [-0.39, 0.29) is 5.56 Å². The zero-order chi connectivity index (χ0) is 14.9. The number of hydrazine groups is 1. The Kier molecular flexibility index (Phi) is 4.42. The molecule has 0 bridgehead atoms. The van der Waals surface area contributed by atoms with Crippen molar-refractivity contribution in [1.82, 2.24) is 5.43 Å².